The molecule has 1 fully saturated rings. The summed E-state index contributed by atoms with van der Waals surface area (Å²) in [4.78, 5) is 0.451. The molecule has 0 amide bonds. The number of hydrogen-bond acceptors (Lipinski definition) is 3. The highest BCUT2D eigenvalue weighted by molar-refractivity contribution is 7.89. The first kappa shape index (κ1) is 17.4. The average Bonchev–Trinajstić information content (AvgIpc) is 2.26. The summed E-state index contributed by atoms with van der Waals surface area (Å²) in [5.41, 5.74) is 8.61. The highest BCUT2D eigenvalue weighted by Crippen LogP contribution is 2.27. The van der Waals surface area contributed by atoms with Gasteiger partial charge in [0.2, 0.25) is 10.0 Å². The minimum absolute atomic E-state index is 0. The fourth-order valence-corrected chi connectivity index (χ4v) is 4.84. The Morgan fingerprint density at radius 1 is 1.20 bits per heavy atom. The van der Waals surface area contributed by atoms with Gasteiger partial charge < -0.3 is 5.73 Å². The third kappa shape index (κ3) is 3.34. The van der Waals surface area contributed by atoms with E-state index in [9.17, 15) is 8.42 Å². The number of halogens is 1. The predicted molar refractivity (Wildman–Crippen MR) is 83.9 cm³/mol. The first-order valence-electron chi connectivity index (χ1n) is 6.66. The summed E-state index contributed by atoms with van der Waals surface area (Å²) in [5, 5.41) is 0. The zero-order valence-electron chi connectivity index (χ0n) is 12.2. The van der Waals surface area contributed by atoms with Crippen LogP contribution in [0.15, 0.2) is 17.0 Å². The van der Waals surface area contributed by atoms with Gasteiger partial charge in [0, 0.05) is 19.1 Å². The first-order valence-corrected chi connectivity index (χ1v) is 8.10. The molecule has 1 aliphatic rings. The molecule has 0 bridgehead atoms. The number of piperidine rings is 1. The SMILES string of the molecule is Cc1cc(C)c(S(=O)(=O)N2CCCC(N)C2)c(C)c1.Cl. The van der Waals surface area contributed by atoms with Crippen LogP contribution in [0.25, 0.3) is 0 Å². The number of sulfonamides is 1. The highest BCUT2D eigenvalue weighted by Gasteiger charge is 2.31. The van der Waals surface area contributed by atoms with E-state index in [4.69, 9.17) is 5.73 Å². The Bertz CT molecular complexity index is 564. The molecule has 1 unspecified atom stereocenters. The van der Waals surface area contributed by atoms with Crippen LogP contribution in [-0.4, -0.2) is 31.9 Å². The number of nitrogens with zero attached hydrogens (tertiary/aromatic N) is 1. The van der Waals surface area contributed by atoms with Crippen molar-refractivity contribution in [2.75, 3.05) is 13.1 Å². The fraction of sp³-hybridized carbons (Fsp3) is 0.571. The van der Waals surface area contributed by atoms with Gasteiger partial charge in [0.15, 0.2) is 0 Å². The minimum Gasteiger partial charge on any atom is -0.327 e. The minimum atomic E-state index is -3.42. The lowest BCUT2D eigenvalue weighted by Crippen LogP contribution is -2.45. The molecule has 0 radical (unpaired) electrons. The van der Waals surface area contributed by atoms with Crippen molar-refractivity contribution >= 4 is 22.4 Å². The summed E-state index contributed by atoms with van der Waals surface area (Å²) in [7, 11) is -3.42. The van der Waals surface area contributed by atoms with Gasteiger partial charge in [-0.25, -0.2) is 8.42 Å². The van der Waals surface area contributed by atoms with Crippen molar-refractivity contribution in [3.63, 3.8) is 0 Å². The summed E-state index contributed by atoms with van der Waals surface area (Å²) in [6.07, 6.45) is 1.74. The molecule has 0 saturated carbocycles. The third-order valence-corrected chi connectivity index (χ3v) is 5.79. The van der Waals surface area contributed by atoms with Crippen LogP contribution in [0.2, 0.25) is 0 Å². The van der Waals surface area contributed by atoms with Gasteiger partial charge in [0.1, 0.15) is 0 Å². The van der Waals surface area contributed by atoms with Gasteiger partial charge in [-0.1, -0.05) is 17.7 Å². The van der Waals surface area contributed by atoms with Gasteiger partial charge in [-0.05, 0) is 44.7 Å². The largest absolute Gasteiger partial charge is 0.327 e. The van der Waals surface area contributed by atoms with Gasteiger partial charge in [0.25, 0.3) is 0 Å². The molecule has 6 heteroatoms. The topological polar surface area (TPSA) is 63.4 Å². The number of rotatable bonds is 2. The summed E-state index contributed by atoms with van der Waals surface area (Å²) >= 11 is 0. The predicted octanol–water partition coefficient (Wildman–Crippen LogP) is 2.15. The van der Waals surface area contributed by atoms with Crippen molar-refractivity contribution in [1.29, 1.82) is 0 Å². The van der Waals surface area contributed by atoms with E-state index in [0.717, 1.165) is 29.5 Å². The second kappa shape index (κ2) is 6.43. The monoisotopic (exact) mass is 318 g/mol. The van der Waals surface area contributed by atoms with Crippen molar-refractivity contribution in [3.8, 4) is 0 Å². The molecule has 4 nitrogen and oxygen atoms in total. The number of aryl methyl sites for hydroxylation is 3. The van der Waals surface area contributed by atoms with Crippen molar-refractivity contribution in [2.45, 2.75) is 44.6 Å². The molecule has 2 rings (SSSR count). The lowest BCUT2D eigenvalue weighted by Gasteiger charge is -2.30. The number of nitrogens with two attached hydrogens (primary N) is 1. The summed E-state index contributed by atoms with van der Waals surface area (Å²) < 4.78 is 27.0. The molecule has 1 aromatic rings. The van der Waals surface area contributed by atoms with Gasteiger partial charge in [-0.3, -0.25) is 0 Å². The molecule has 20 heavy (non-hydrogen) atoms. The molecule has 1 atom stereocenters. The summed E-state index contributed by atoms with van der Waals surface area (Å²) in [5.74, 6) is 0. The van der Waals surface area contributed by atoms with E-state index < -0.39 is 10.0 Å². The zero-order valence-corrected chi connectivity index (χ0v) is 13.9. The Morgan fingerprint density at radius 2 is 1.75 bits per heavy atom. The van der Waals surface area contributed by atoms with Crippen LogP contribution in [0.4, 0.5) is 0 Å². The van der Waals surface area contributed by atoms with Crippen LogP contribution in [0, 0.1) is 20.8 Å². The van der Waals surface area contributed by atoms with Crippen LogP contribution in [0.1, 0.15) is 29.5 Å². The van der Waals surface area contributed by atoms with E-state index in [1.807, 2.05) is 32.9 Å². The Balaban J connectivity index is 0.00000200. The molecule has 0 aliphatic carbocycles. The second-order valence-corrected chi connectivity index (χ2v) is 7.37. The molecule has 1 aliphatic heterocycles. The molecule has 114 valence electrons. The van der Waals surface area contributed by atoms with E-state index in [-0.39, 0.29) is 18.4 Å². The molecular weight excluding hydrogens is 296 g/mol. The number of hydrogen-bond donors (Lipinski definition) is 1. The number of benzene rings is 1. The first-order chi connectivity index (χ1) is 8.82. The van der Waals surface area contributed by atoms with E-state index in [1.165, 1.54) is 4.31 Å². The molecule has 1 saturated heterocycles. The zero-order chi connectivity index (χ0) is 14.2. The van der Waals surface area contributed by atoms with Gasteiger partial charge >= 0.3 is 0 Å². The highest BCUT2D eigenvalue weighted by atomic mass is 35.5. The maximum absolute atomic E-state index is 12.8. The van der Waals surface area contributed by atoms with Crippen molar-refractivity contribution < 1.29 is 8.42 Å². The Hall–Kier alpha value is -0.620. The summed E-state index contributed by atoms with van der Waals surface area (Å²) in [6.45, 7) is 6.69. The van der Waals surface area contributed by atoms with Crippen molar-refractivity contribution in [2.24, 2.45) is 5.73 Å². The molecule has 1 heterocycles. The van der Waals surface area contributed by atoms with Crippen LogP contribution in [-0.2, 0) is 10.0 Å². The normalized spacial score (nSPS) is 20.5. The van der Waals surface area contributed by atoms with E-state index in [2.05, 4.69) is 0 Å². The van der Waals surface area contributed by atoms with E-state index in [0.29, 0.717) is 18.0 Å². The third-order valence-electron chi connectivity index (χ3n) is 3.62. The van der Waals surface area contributed by atoms with E-state index >= 15 is 0 Å². The van der Waals surface area contributed by atoms with Crippen molar-refractivity contribution in [1.82, 2.24) is 4.31 Å². The van der Waals surface area contributed by atoms with E-state index in [1.54, 1.807) is 0 Å². The molecule has 0 spiro atoms. The van der Waals surface area contributed by atoms with Crippen LogP contribution in [0.5, 0.6) is 0 Å². The maximum Gasteiger partial charge on any atom is 0.243 e. The second-order valence-electron chi connectivity index (χ2n) is 5.49. The standard InChI is InChI=1S/C14H22N2O2S.ClH/c1-10-7-11(2)14(12(3)8-10)19(17,18)16-6-4-5-13(15)9-16;/h7-8,13H,4-6,9,15H2,1-3H3;1H. The molecule has 1 aromatic carbocycles. The quantitative estimate of drug-likeness (QED) is 0.908. The Morgan fingerprint density at radius 3 is 2.25 bits per heavy atom. The summed E-state index contributed by atoms with van der Waals surface area (Å²) in [6, 6.07) is 3.79. The van der Waals surface area contributed by atoms with Crippen molar-refractivity contribution in [3.05, 3.63) is 28.8 Å². The molecule has 0 aromatic heterocycles. The van der Waals surface area contributed by atoms with Gasteiger partial charge in [0.05, 0.1) is 4.90 Å². The van der Waals surface area contributed by atoms with Gasteiger partial charge in [-0.2, -0.15) is 4.31 Å². The average molecular weight is 319 g/mol. The van der Waals surface area contributed by atoms with Gasteiger partial charge in [-0.15, -0.1) is 12.4 Å². The Kier molecular flexibility index (Phi) is 5.61. The smallest absolute Gasteiger partial charge is 0.243 e. The lowest BCUT2D eigenvalue weighted by molar-refractivity contribution is 0.316. The fourth-order valence-electron chi connectivity index (χ4n) is 2.90. The van der Waals surface area contributed by atoms with Crippen LogP contribution in [0.3, 0.4) is 0 Å². The van der Waals surface area contributed by atoms with Crippen LogP contribution >= 0.6 is 12.4 Å². The lowest BCUT2D eigenvalue weighted by atomic mass is 10.1. The molecule has 2 N–H and O–H groups in total. The van der Waals surface area contributed by atoms with Crippen LogP contribution < -0.4 is 5.73 Å². The Labute approximate surface area is 127 Å². The maximum atomic E-state index is 12.8. The molecular formula is C14H23ClN2O2S.